The van der Waals surface area contributed by atoms with E-state index in [4.69, 9.17) is 9.15 Å². The number of aromatic nitrogens is 1. The number of benzene rings is 2. The highest BCUT2D eigenvalue weighted by atomic mass is 16.5. The third-order valence-electron chi connectivity index (χ3n) is 4.81. The monoisotopic (exact) mass is 413 g/mol. The highest BCUT2D eigenvalue weighted by molar-refractivity contribution is 5.92. The molecule has 0 unspecified atom stereocenters. The molecule has 0 atom stereocenters. The molecule has 1 amide bonds. The molecule has 31 heavy (non-hydrogen) atoms. The minimum Gasteiger partial charge on any atom is -0.486 e. The fraction of sp³-hybridized carbons (Fsp3) is 0.120. The number of ether oxygens (including phenoxy) is 1. The molecule has 2 aromatic heterocycles. The summed E-state index contributed by atoms with van der Waals surface area (Å²) in [6.07, 6.45) is 1.57. The van der Waals surface area contributed by atoms with E-state index in [9.17, 15) is 4.79 Å². The Bertz CT molecular complexity index is 1170. The molecule has 6 heteroatoms. The molecular weight excluding hydrogens is 390 g/mol. The molecule has 0 fully saturated rings. The van der Waals surface area contributed by atoms with E-state index in [1.807, 2.05) is 54.6 Å². The largest absolute Gasteiger partial charge is 0.486 e. The van der Waals surface area contributed by atoms with E-state index in [2.05, 4.69) is 41.1 Å². The number of furan rings is 1. The van der Waals surface area contributed by atoms with Crippen molar-refractivity contribution in [2.75, 3.05) is 0 Å². The van der Waals surface area contributed by atoms with Gasteiger partial charge < -0.3 is 13.7 Å². The first-order chi connectivity index (χ1) is 15.1. The Balaban J connectivity index is 1.32. The summed E-state index contributed by atoms with van der Waals surface area (Å²) in [6, 6.07) is 24.9. The second-order valence-corrected chi connectivity index (χ2v) is 7.11. The lowest BCUT2D eigenvalue weighted by atomic mass is 10.2. The summed E-state index contributed by atoms with van der Waals surface area (Å²) in [7, 11) is 0. The van der Waals surface area contributed by atoms with E-state index in [1.54, 1.807) is 18.3 Å². The van der Waals surface area contributed by atoms with E-state index in [1.165, 1.54) is 11.4 Å². The molecule has 0 radical (unpaired) electrons. The van der Waals surface area contributed by atoms with Crippen molar-refractivity contribution in [2.45, 2.75) is 20.5 Å². The van der Waals surface area contributed by atoms with Crippen LogP contribution in [0.2, 0.25) is 0 Å². The molecule has 0 saturated carbocycles. The Morgan fingerprint density at radius 1 is 0.968 bits per heavy atom. The molecule has 0 aliphatic carbocycles. The number of hydrazone groups is 1. The minimum atomic E-state index is -0.416. The SMILES string of the molecule is Cc1ccc(C)n1-c1ccc(OCc2ccc(C(=O)N/N=C/c3ccccc3)o2)cc1. The molecule has 4 rings (SSSR count). The van der Waals surface area contributed by atoms with Crippen LogP contribution in [-0.2, 0) is 6.61 Å². The first-order valence-corrected chi connectivity index (χ1v) is 9.95. The van der Waals surface area contributed by atoms with Gasteiger partial charge in [0.1, 0.15) is 18.1 Å². The lowest BCUT2D eigenvalue weighted by molar-refractivity contribution is 0.0923. The zero-order valence-corrected chi connectivity index (χ0v) is 17.4. The number of aryl methyl sites for hydroxylation is 2. The molecule has 0 aliphatic heterocycles. The summed E-state index contributed by atoms with van der Waals surface area (Å²) in [5, 5.41) is 3.94. The van der Waals surface area contributed by atoms with Crippen LogP contribution in [0.1, 0.15) is 33.3 Å². The van der Waals surface area contributed by atoms with Crippen molar-refractivity contribution in [3.63, 3.8) is 0 Å². The fourth-order valence-electron chi connectivity index (χ4n) is 3.26. The van der Waals surface area contributed by atoms with Gasteiger partial charge in [0.05, 0.1) is 6.21 Å². The Hall–Kier alpha value is -4.06. The van der Waals surface area contributed by atoms with Crippen molar-refractivity contribution < 1.29 is 13.9 Å². The van der Waals surface area contributed by atoms with Crippen LogP contribution in [-0.4, -0.2) is 16.7 Å². The van der Waals surface area contributed by atoms with Crippen molar-refractivity contribution in [2.24, 2.45) is 5.10 Å². The predicted octanol–water partition coefficient (Wildman–Crippen LogP) is 5.03. The maximum absolute atomic E-state index is 12.2. The number of hydrogen-bond acceptors (Lipinski definition) is 4. The van der Waals surface area contributed by atoms with Gasteiger partial charge in [-0.3, -0.25) is 4.79 Å². The number of rotatable bonds is 7. The maximum Gasteiger partial charge on any atom is 0.307 e. The van der Waals surface area contributed by atoms with Crippen LogP contribution >= 0.6 is 0 Å². The average molecular weight is 413 g/mol. The van der Waals surface area contributed by atoms with Crippen LogP contribution in [0.5, 0.6) is 5.75 Å². The van der Waals surface area contributed by atoms with Crippen LogP contribution in [0.3, 0.4) is 0 Å². The fourth-order valence-corrected chi connectivity index (χ4v) is 3.26. The van der Waals surface area contributed by atoms with E-state index in [0.717, 1.165) is 17.0 Å². The van der Waals surface area contributed by atoms with Crippen LogP contribution < -0.4 is 10.2 Å². The van der Waals surface area contributed by atoms with Gasteiger partial charge in [-0.15, -0.1) is 0 Å². The van der Waals surface area contributed by atoms with E-state index in [0.29, 0.717) is 5.76 Å². The van der Waals surface area contributed by atoms with Gasteiger partial charge in [-0.1, -0.05) is 30.3 Å². The van der Waals surface area contributed by atoms with Gasteiger partial charge >= 0.3 is 5.91 Å². The molecular formula is C25H23N3O3. The van der Waals surface area contributed by atoms with E-state index >= 15 is 0 Å². The van der Waals surface area contributed by atoms with Crippen molar-refractivity contribution in [1.29, 1.82) is 0 Å². The smallest absolute Gasteiger partial charge is 0.307 e. The van der Waals surface area contributed by atoms with Gasteiger partial charge in [0.15, 0.2) is 5.76 Å². The molecule has 4 aromatic rings. The quantitative estimate of drug-likeness (QED) is 0.341. The topological polar surface area (TPSA) is 68.8 Å². The third kappa shape index (κ3) is 4.93. The summed E-state index contributed by atoms with van der Waals surface area (Å²) in [5.74, 6) is 1.04. The molecule has 1 N–H and O–H groups in total. The molecule has 156 valence electrons. The second kappa shape index (κ2) is 9.17. The van der Waals surface area contributed by atoms with Crippen molar-refractivity contribution in [1.82, 2.24) is 9.99 Å². The number of amides is 1. The lowest BCUT2D eigenvalue weighted by Crippen LogP contribution is -2.16. The number of nitrogens with zero attached hydrogens (tertiary/aromatic N) is 2. The van der Waals surface area contributed by atoms with E-state index < -0.39 is 5.91 Å². The summed E-state index contributed by atoms with van der Waals surface area (Å²) in [6.45, 7) is 4.38. The second-order valence-electron chi connectivity index (χ2n) is 7.11. The molecule has 6 nitrogen and oxygen atoms in total. The minimum absolute atomic E-state index is 0.178. The van der Waals surface area contributed by atoms with Crippen LogP contribution in [0, 0.1) is 13.8 Å². The number of carbonyl (C=O) groups is 1. The Kier molecular flexibility index (Phi) is 5.98. The highest BCUT2D eigenvalue weighted by Crippen LogP contribution is 2.20. The summed E-state index contributed by atoms with van der Waals surface area (Å²) in [5.41, 5.74) is 6.80. The van der Waals surface area contributed by atoms with E-state index in [-0.39, 0.29) is 12.4 Å². The summed E-state index contributed by atoms with van der Waals surface area (Å²) < 4.78 is 13.5. The third-order valence-corrected chi connectivity index (χ3v) is 4.81. The molecule has 0 aliphatic rings. The van der Waals surface area contributed by atoms with Crippen molar-refractivity contribution in [3.05, 3.63) is 107 Å². The maximum atomic E-state index is 12.2. The summed E-state index contributed by atoms with van der Waals surface area (Å²) in [4.78, 5) is 12.2. The number of carbonyl (C=O) groups excluding carboxylic acids is 1. The van der Waals surface area contributed by atoms with Gasteiger partial charge in [0.2, 0.25) is 0 Å². The molecule has 2 heterocycles. The van der Waals surface area contributed by atoms with Crippen molar-refractivity contribution >= 4 is 12.1 Å². The Morgan fingerprint density at radius 3 is 2.39 bits per heavy atom. The normalized spacial score (nSPS) is 11.0. The average Bonchev–Trinajstić information content (AvgIpc) is 3.40. The molecule has 2 aromatic carbocycles. The van der Waals surface area contributed by atoms with Crippen LogP contribution in [0.15, 0.2) is 88.4 Å². The van der Waals surface area contributed by atoms with Gasteiger partial charge in [0.25, 0.3) is 0 Å². The predicted molar refractivity (Wildman–Crippen MR) is 120 cm³/mol. The number of hydrogen-bond donors (Lipinski definition) is 1. The number of nitrogens with one attached hydrogen (secondary N) is 1. The zero-order valence-electron chi connectivity index (χ0n) is 17.4. The first-order valence-electron chi connectivity index (χ1n) is 9.95. The lowest BCUT2D eigenvalue weighted by Gasteiger charge is -2.10. The highest BCUT2D eigenvalue weighted by Gasteiger charge is 2.11. The van der Waals surface area contributed by atoms with Gasteiger partial charge in [-0.25, -0.2) is 5.43 Å². The standard InChI is InChI=1S/C25H23N3O3/c1-18-8-9-19(2)28(18)21-10-12-22(13-11-21)30-17-23-14-15-24(31-23)25(29)27-26-16-20-6-4-3-5-7-20/h3-16H,17H2,1-2H3,(H,27,29)/b26-16+. The Morgan fingerprint density at radius 2 is 1.68 bits per heavy atom. The summed E-state index contributed by atoms with van der Waals surface area (Å²) >= 11 is 0. The molecule has 0 bridgehead atoms. The van der Waals surface area contributed by atoms with Gasteiger partial charge in [-0.2, -0.15) is 5.10 Å². The van der Waals surface area contributed by atoms with Crippen LogP contribution in [0.4, 0.5) is 0 Å². The van der Waals surface area contributed by atoms with Gasteiger partial charge in [0, 0.05) is 17.1 Å². The van der Waals surface area contributed by atoms with Gasteiger partial charge in [-0.05, 0) is 67.9 Å². The zero-order chi connectivity index (χ0) is 21.6. The van der Waals surface area contributed by atoms with Crippen molar-refractivity contribution in [3.8, 4) is 11.4 Å². The molecule has 0 spiro atoms. The Labute approximate surface area is 180 Å². The van der Waals surface area contributed by atoms with Crippen LogP contribution in [0.25, 0.3) is 5.69 Å². The molecule has 0 saturated heterocycles. The first kappa shape index (κ1) is 20.2.